The molecule has 0 spiro atoms. The van der Waals surface area contributed by atoms with Crippen LogP contribution in [-0.4, -0.2) is 36.6 Å². The third-order valence-electron chi connectivity index (χ3n) is 3.38. The Morgan fingerprint density at radius 1 is 1.42 bits per heavy atom. The normalized spacial score (nSPS) is 21.4. The summed E-state index contributed by atoms with van der Waals surface area (Å²) < 4.78 is 37.1. The van der Waals surface area contributed by atoms with Crippen LogP contribution >= 0.6 is 0 Å². The van der Waals surface area contributed by atoms with Crippen LogP contribution in [0.3, 0.4) is 0 Å². The number of likely N-dealkylation sites (tertiary alicyclic amines) is 1. The van der Waals surface area contributed by atoms with E-state index in [0.717, 1.165) is 38.3 Å². The maximum atomic E-state index is 12.4. The second-order valence-corrected chi connectivity index (χ2v) is 5.08. The van der Waals surface area contributed by atoms with E-state index in [0.29, 0.717) is 11.7 Å². The highest BCUT2D eigenvalue weighted by Crippen LogP contribution is 2.28. The Morgan fingerprint density at radius 3 is 2.79 bits per heavy atom. The molecule has 1 atom stereocenters. The van der Waals surface area contributed by atoms with Crippen molar-refractivity contribution in [2.45, 2.75) is 19.0 Å². The average molecular weight is 273 g/mol. The molecule has 6 heteroatoms. The van der Waals surface area contributed by atoms with Gasteiger partial charge in [-0.15, -0.1) is 0 Å². The third kappa shape index (κ3) is 4.09. The van der Waals surface area contributed by atoms with Gasteiger partial charge in [-0.1, -0.05) is 0 Å². The van der Waals surface area contributed by atoms with Crippen LogP contribution < -0.4 is 5.32 Å². The second kappa shape index (κ2) is 5.77. The molecule has 1 fully saturated rings. The molecule has 1 aliphatic heterocycles. The van der Waals surface area contributed by atoms with E-state index in [9.17, 15) is 13.2 Å². The van der Waals surface area contributed by atoms with Gasteiger partial charge in [-0.25, -0.2) is 4.98 Å². The van der Waals surface area contributed by atoms with Crippen LogP contribution in [0.2, 0.25) is 0 Å². The number of aromatic nitrogens is 1. The fraction of sp³-hybridized carbons (Fsp3) is 0.615. The third-order valence-corrected chi connectivity index (χ3v) is 3.38. The number of nitrogens with zero attached hydrogens (tertiary/aromatic N) is 2. The quantitative estimate of drug-likeness (QED) is 0.918. The van der Waals surface area contributed by atoms with Crippen LogP contribution in [0.15, 0.2) is 18.3 Å². The van der Waals surface area contributed by atoms with Gasteiger partial charge >= 0.3 is 6.18 Å². The Kier molecular flexibility index (Phi) is 4.29. The number of halogens is 3. The van der Waals surface area contributed by atoms with Gasteiger partial charge in [-0.05, 0) is 44.5 Å². The summed E-state index contributed by atoms with van der Waals surface area (Å²) in [5, 5.41) is 3.11. The standard InChI is InChI=1S/C13H18F3N3/c1-19-6-2-3-10(9-19)7-17-12-5-4-11(8-18-12)13(14,15)16/h4-5,8,10H,2-3,6-7,9H2,1H3,(H,17,18). The number of rotatable bonds is 3. The first-order chi connectivity index (χ1) is 8.95. The van der Waals surface area contributed by atoms with Crippen molar-refractivity contribution in [1.29, 1.82) is 0 Å². The second-order valence-electron chi connectivity index (χ2n) is 5.08. The van der Waals surface area contributed by atoms with Gasteiger partial charge in [0.25, 0.3) is 0 Å². The van der Waals surface area contributed by atoms with Crippen molar-refractivity contribution < 1.29 is 13.2 Å². The Bertz CT molecular complexity index is 403. The zero-order valence-electron chi connectivity index (χ0n) is 10.9. The molecule has 2 rings (SSSR count). The Labute approximate surface area is 110 Å². The molecule has 106 valence electrons. The van der Waals surface area contributed by atoms with Crippen molar-refractivity contribution >= 4 is 5.82 Å². The van der Waals surface area contributed by atoms with E-state index < -0.39 is 11.7 Å². The van der Waals surface area contributed by atoms with Gasteiger partial charge in [0.05, 0.1) is 5.56 Å². The highest BCUT2D eigenvalue weighted by atomic mass is 19.4. The summed E-state index contributed by atoms with van der Waals surface area (Å²) in [6.07, 6.45) is -1.13. The number of piperidine rings is 1. The minimum Gasteiger partial charge on any atom is -0.370 e. The van der Waals surface area contributed by atoms with Gasteiger partial charge in [-0.3, -0.25) is 0 Å². The lowest BCUT2D eigenvalue weighted by Crippen LogP contribution is -2.35. The first-order valence-electron chi connectivity index (χ1n) is 6.41. The predicted octanol–water partition coefficient (Wildman–Crippen LogP) is 2.85. The van der Waals surface area contributed by atoms with E-state index in [1.165, 1.54) is 12.5 Å². The predicted molar refractivity (Wildman–Crippen MR) is 67.9 cm³/mol. The van der Waals surface area contributed by atoms with Gasteiger partial charge in [-0.2, -0.15) is 13.2 Å². The van der Waals surface area contributed by atoms with Crippen molar-refractivity contribution in [3.8, 4) is 0 Å². The van der Waals surface area contributed by atoms with Crippen molar-refractivity contribution in [3.63, 3.8) is 0 Å². The first kappa shape index (κ1) is 14.1. The van der Waals surface area contributed by atoms with E-state index in [1.807, 2.05) is 0 Å². The SMILES string of the molecule is CN1CCCC(CNc2ccc(C(F)(F)F)cn2)C1. The topological polar surface area (TPSA) is 28.2 Å². The van der Waals surface area contributed by atoms with Crippen LogP contribution in [0.25, 0.3) is 0 Å². The lowest BCUT2D eigenvalue weighted by atomic mass is 9.98. The van der Waals surface area contributed by atoms with Crippen molar-refractivity contribution in [3.05, 3.63) is 23.9 Å². The van der Waals surface area contributed by atoms with Gasteiger partial charge in [0.15, 0.2) is 0 Å². The summed E-state index contributed by atoms with van der Waals surface area (Å²) in [7, 11) is 2.09. The minimum absolute atomic E-state index is 0.501. The van der Waals surface area contributed by atoms with Crippen LogP contribution in [0.4, 0.5) is 19.0 Å². The number of nitrogens with one attached hydrogen (secondary N) is 1. The molecule has 19 heavy (non-hydrogen) atoms. The van der Waals surface area contributed by atoms with Crippen LogP contribution in [-0.2, 0) is 6.18 Å². The average Bonchev–Trinajstić information content (AvgIpc) is 2.36. The molecule has 1 unspecified atom stereocenters. The maximum Gasteiger partial charge on any atom is 0.417 e. The van der Waals surface area contributed by atoms with Gasteiger partial charge in [0.1, 0.15) is 5.82 Å². The zero-order valence-corrected chi connectivity index (χ0v) is 10.9. The number of anilines is 1. The highest BCUT2D eigenvalue weighted by Gasteiger charge is 2.30. The molecule has 0 radical (unpaired) electrons. The lowest BCUT2D eigenvalue weighted by Gasteiger charge is -2.29. The fourth-order valence-corrected chi connectivity index (χ4v) is 2.35. The van der Waals surface area contributed by atoms with E-state index in [-0.39, 0.29) is 0 Å². The van der Waals surface area contributed by atoms with Gasteiger partial charge < -0.3 is 10.2 Å². The fourth-order valence-electron chi connectivity index (χ4n) is 2.35. The lowest BCUT2D eigenvalue weighted by molar-refractivity contribution is -0.137. The maximum absolute atomic E-state index is 12.4. The monoisotopic (exact) mass is 273 g/mol. The molecule has 0 aromatic carbocycles. The molecule has 0 amide bonds. The first-order valence-corrected chi connectivity index (χ1v) is 6.41. The molecule has 1 aliphatic rings. The van der Waals surface area contributed by atoms with Crippen molar-refractivity contribution in [1.82, 2.24) is 9.88 Å². The molecule has 1 N–H and O–H groups in total. The van der Waals surface area contributed by atoms with Crippen LogP contribution in [0, 0.1) is 5.92 Å². The Hall–Kier alpha value is -1.30. The summed E-state index contributed by atoms with van der Waals surface area (Å²) in [5.41, 5.74) is -0.713. The summed E-state index contributed by atoms with van der Waals surface area (Å²) in [5.74, 6) is 1.03. The molecule has 0 saturated carbocycles. The van der Waals surface area contributed by atoms with E-state index in [1.54, 1.807) is 0 Å². The minimum atomic E-state index is -4.32. The summed E-state index contributed by atoms with van der Waals surface area (Å²) >= 11 is 0. The largest absolute Gasteiger partial charge is 0.417 e. The van der Waals surface area contributed by atoms with Crippen LogP contribution in [0.1, 0.15) is 18.4 Å². The van der Waals surface area contributed by atoms with Gasteiger partial charge in [0, 0.05) is 19.3 Å². The Morgan fingerprint density at radius 2 is 2.21 bits per heavy atom. The van der Waals surface area contributed by atoms with Crippen molar-refractivity contribution in [2.75, 3.05) is 32.0 Å². The summed E-state index contributed by atoms with van der Waals surface area (Å²) in [4.78, 5) is 6.08. The number of alkyl halides is 3. The highest BCUT2D eigenvalue weighted by molar-refractivity contribution is 5.36. The number of hydrogen-bond donors (Lipinski definition) is 1. The van der Waals surface area contributed by atoms with Crippen molar-refractivity contribution in [2.24, 2.45) is 5.92 Å². The molecule has 1 saturated heterocycles. The Balaban J connectivity index is 1.86. The van der Waals surface area contributed by atoms with Crippen LogP contribution in [0.5, 0.6) is 0 Å². The molecule has 0 bridgehead atoms. The summed E-state index contributed by atoms with van der Waals surface area (Å²) in [6.45, 7) is 2.89. The molecule has 1 aromatic heterocycles. The molecular formula is C13H18F3N3. The molecule has 0 aliphatic carbocycles. The summed E-state index contributed by atoms with van der Waals surface area (Å²) in [6, 6.07) is 2.44. The molecule has 2 heterocycles. The number of hydrogen-bond acceptors (Lipinski definition) is 3. The smallest absolute Gasteiger partial charge is 0.370 e. The number of pyridine rings is 1. The van der Waals surface area contributed by atoms with E-state index >= 15 is 0 Å². The molecule has 3 nitrogen and oxygen atoms in total. The molecule has 1 aromatic rings. The zero-order chi connectivity index (χ0) is 13.9. The van der Waals surface area contributed by atoms with Gasteiger partial charge in [0.2, 0.25) is 0 Å². The van der Waals surface area contributed by atoms with E-state index in [4.69, 9.17) is 0 Å². The van der Waals surface area contributed by atoms with E-state index in [2.05, 4.69) is 22.2 Å². The molecular weight excluding hydrogens is 255 g/mol.